The van der Waals surface area contributed by atoms with Gasteiger partial charge in [0, 0.05) is 11.5 Å². The van der Waals surface area contributed by atoms with Crippen LogP contribution in [0.2, 0.25) is 0 Å². The van der Waals surface area contributed by atoms with Crippen LogP contribution in [0.3, 0.4) is 0 Å². The molecule has 1 aliphatic rings. The quantitative estimate of drug-likeness (QED) is 0.854. The van der Waals surface area contributed by atoms with Crippen molar-refractivity contribution >= 4 is 17.0 Å². The van der Waals surface area contributed by atoms with Gasteiger partial charge in [0.2, 0.25) is 0 Å². The van der Waals surface area contributed by atoms with Gasteiger partial charge >= 0.3 is 0 Å². The van der Waals surface area contributed by atoms with Crippen molar-refractivity contribution in [3.05, 3.63) is 40.2 Å². The highest BCUT2D eigenvalue weighted by atomic mass is 16.5. The highest BCUT2D eigenvalue weighted by molar-refractivity contribution is 5.90. The molecule has 0 atom stereocenters. The van der Waals surface area contributed by atoms with Crippen LogP contribution in [0.5, 0.6) is 11.5 Å². The molecule has 19 heavy (non-hydrogen) atoms. The molecule has 0 amide bonds. The van der Waals surface area contributed by atoms with E-state index in [9.17, 15) is 4.79 Å². The van der Waals surface area contributed by atoms with Crippen LogP contribution in [0.4, 0.5) is 0 Å². The van der Waals surface area contributed by atoms with Crippen molar-refractivity contribution in [1.82, 2.24) is 4.98 Å². The van der Waals surface area contributed by atoms with Crippen molar-refractivity contribution in [3.8, 4) is 11.5 Å². The maximum Gasteiger partial charge on any atom is 0.259 e. The van der Waals surface area contributed by atoms with E-state index < -0.39 is 5.60 Å². The number of nitrogens with one attached hydrogen (secondary N) is 1. The number of H-pyrrole nitrogens is 1. The molecule has 1 aromatic carbocycles. The Bertz CT molecular complexity index is 741. The van der Waals surface area contributed by atoms with E-state index in [1.807, 2.05) is 38.1 Å². The Hall–Kier alpha value is -2.23. The molecule has 0 saturated carbocycles. The second-order valence-corrected chi connectivity index (χ2v) is 5.15. The predicted octanol–water partition coefficient (Wildman–Crippen LogP) is 2.72. The zero-order valence-electron chi connectivity index (χ0n) is 11.1. The van der Waals surface area contributed by atoms with Gasteiger partial charge in [0.15, 0.2) is 0 Å². The number of aromatic amines is 1. The van der Waals surface area contributed by atoms with Gasteiger partial charge < -0.3 is 14.5 Å². The highest BCUT2D eigenvalue weighted by Gasteiger charge is 2.25. The summed E-state index contributed by atoms with van der Waals surface area (Å²) in [5.41, 5.74) is 0.724. The minimum Gasteiger partial charge on any atom is -0.497 e. The van der Waals surface area contributed by atoms with Gasteiger partial charge in [-0.3, -0.25) is 4.79 Å². The fourth-order valence-electron chi connectivity index (χ4n) is 2.23. The Labute approximate surface area is 110 Å². The van der Waals surface area contributed by atoms with Crippen LogP contribution in [0, 0.1) is 0 Å². The van der Waals surface area contributed by atoms with Gasteiger partial charge in [-0.25, -0.2) is 0 Å². The van der Waals surface area contributed by atoms with Gasteiger partial charge in [0.1, 0.15) is 17.1 Å². The summed E-state index contributed by atoms with van der Waals surface area (Å²) < 4.78 is 11.1. The summed E-state index contributed by atoms with van der Waals surface area (Å²) in [6.07, 6.45) is 3.71. The average Bonchev–Trinajstić information content (AvgIpc) is 2.36. The fourth-order valence-corrected chi connectivity index (χ4v) is 2.23. The second-order valence-electron chi connectivity index (χ2n) is 5.15. The summed E-state index contributed by atoms with van der Waals surface area (Å²) in [5.74, 6) is 1.34. The number of fused-ring (bicyclic) bond motifs is 3. The van der Waals surface area contributed by atoms with Crippen molar-refractivity contribution in [1.29, 1.82) is 0 Å². The zero-order chi connectivity index (χ0) is 13.6. The molecule has 4 heteroatoms. The zero-order valence-corrected chi connectivity index (χ0v) is 11.1. The molecule has 0 unspecified atom stereocenters. The number of benzene rings is 1. The highest BCUT2D eigenvalue weighted by Crippen LogP contribution is 2.35. The number of pyridine rings is 1. The first-order valence-corrected chi connectivity index (χ1v) is 6.12. The smallest absolute Gasteiger partial charge is 0.259 e. The molecule has 2 aromatic rings. The van der Waals surface area contributed by atoms with Crippen molar-refractivity contribution in [2.24, 2.45) is 0 Å². The molecule has 1 aliphatic heterocycles. The van der Waals surface area contributed by atoms with Crippen molar-refractivity contribution < 1.29 is 9.47 Å². The first-order chi connectivity index (χ1) is 9.00. The molecule has 1 N–H and O–H groups in total. The second kappa shape index (κ2) is 3.88. The molecule has 0 fully saturated rings. The van der Waals surface area contributed by atoms with Crippen molar-refractivity contribution in [3.63, 3.8) is 0 Å². The van der Waals surface area contributed by atoms with Gasteiger partial charge in [-0.1, -0.05) is 0 Å². The third-order valence-electron chi connectivity index (χ3n) is 3.23. The normalized spacial score (nSPS) is 15.9. The van der Waals surface area contributed by atoms with Crippen LogP contribution < -0.4 is 15.0 Å². The van der Waals surface area contributed by atoms with Crippen LogP contribution >= 0.6 is 0 Å². The number of ether oxygens (including phenoxy) is 2. The van der Waals surface area contributed by atoms with E-state index in [4.69, 9.17) is 9.47 Å². The van der Waals surface area contributed by atoms with Crippen molar-refractivity contribution in [2.45, 2.75) is 19.4 Å². The molecule has 0 bridgehead atoms. The number of methoxy groups -OCH3 is 1. The average molecular weight is 257 g/mol. The molecule has 0 aliphatic carbocycles. The van der Waals surface area contributed by atoms with Crippen LogP contribution in [0.15, 0.2) is 29.1 Å². The van der Waals surface area contributed by atoms with E-state index >= 15 is 0 Å². The number of rotatable bonds is 1. The summed E-state index contributed by atoms with van der Waals surface area (Å²) in [5, 5.41) is 0.882. The Kier molecular flexibility index (Phi) is 2.42. The number of hydrogen-bond donors (Lipinski definition) is 1. The summed E-state index contributed by atoms with van der Waals surface area (Å²) in [6, 6.07) is 5.56. The molecular formula is C15H15NO3. The summed E-state index contributed by atoms with van der Waals surface area (Å²) in [6.45, 7) is 3.92. The van der Waals surface area contributed by atoms with Crippen LogP contribution in [-0.2, 0) is 0 Å². The lowest BCUT2D eigenvalue weighted by molar-refractivity contribution is 0.161. The van der Waals surface area contributed by atoms with Gasteiger partial charge in [-0.15, -0.1) is 0 Å². The van der Waals surface area contributed by atoms with E-state index in [0.717, 1.165) is 5.39 Å². The minimum absolute atomic E-state index is 0.150. The molecule has 2 heterocycles. The molecule has 0 saturated heterocycles. The van der Waals surface area contributed by atoms with E-state index in [1.165, 1.54) is 0 Å². The number of aromatic nitrogens is 1. The molecule has 0 spiro atoms. The minimum atomic E-state index is -0.409. The predicted molar refractivity (Wildman–Crippen MR) is 74.9 cm³/mol. The van der Waals surface area contributed by atoms with Gasteiger partial charge in [0.05, 0.1) is 18.2 Å². The fraction of sp³-hybridized carbons (Fsp3) is 0.267. The maximum absolute atomic E-state index is 12.1. The number of hydrogen-bond acceptors (Lipinski definition) is 3. The lowest BCUT2D eigenvalue weighted by Gasteiger charge is -2.28. The SMILES string of the molecule is COc1ccc2c3c(c(=O)[nH]c2c1)C=CC(C)(C)O3. The van der Waals surface area contributed by atoms with E-state index in [2.05, 4.69) is 4.98 Å². The van der Waals surface area contributed by atoms with E-state index in [-0.39, 0.29) is 5.56 Å². The monoisotopic (exact) mass is 257 g/mol. The molecule has 1 aromatic heterocycles. The first-order valence-electron chi connectivity index (χ1n) is 6.12. The standard InChI is InChI=1S/C15H15NO3/c1-15(2)7-6-11-13(19-15)10-5-4-9(18-3)8-12(10)16-14(11)17/h4-8H,1-3H3,(H,16,17). The Morgan fingerprint density at radius 2 is 2.11 bits per heavy atom. The summed E-state index contributed by atoms with van der Waals surface area (Å²) in [4.78, 5) is 14.9. The molecule has 4 nitrogen and oxygen atoms in total. The Morgan fingerprint density at radius 1 is 1.32 bits per heavy atom. The third kappa shape index (κ3) is 1.89. The largest absolute Gasteiger partial charge is 0.497 e. The Balaban J connectivity index is 2.34. The van der Waals surface area contributed by atoms with Crippen molar-refractivity contribution in [2.75, 3.05) is 7.11 Å². The molecular weight excluding hydrogens is 242 g/mol. The molecule has 0 radical (unpaired) electrons. The van der Waals surface area contributed by atoms with Crippen LogP contribution in [0.1, 0.15) is 19.4 Å². The maximum atomic E-state index is 12.1. The van der Waals surface area contributed by atoms with Crippen LogP contribution in [0.25, 0.3) is 17.0 Å². The van der Waals surface area contributed by atoms with Crippen LogP contribution in [-0.4, -0.2) is 17.7 Å². The summed E-state index contributed by atoms with van der Waals surface area (Å²) in [7, 11) is 1.60. The van der Waals surface area contributed by atoms with Gasteiger partial charge in [-0.05, 0) is 38.1 Å². The topological polar surface area (TPSA) is 51.3 Å². The Morgan fingerprint density at radius 3 is 2.84 bits per heavy atom. The summed E-state index contributed by atoms with van der Waals surface area (Å²) >= 11 is 0. The lowest BCUT2D eigenvalue weighted by atomic mass is 10.0. The molecule has 98 valence electrons. The first kappa shape index (κ1) is 11.8. The van der Waals surface area contributed by atoms with Gasteiger partial charge in [0.25, 0.3) is 5.56 Å². The molecule has 3 rings (SSSR count). The van der Waals surface area contributed by atoms with E-state index in [1.54, 1.807) is 13.2 Å². The third-order valence-corrected chi connectivity index (χ3v) is 3.23. The van der Waals surface area contributed by atoms with E-state index in [0.29, 0.717) is 22.6 Å². The van der Waals surface area contributed by atoms with Gasteiger partial charge in [-0.2, -0.15) is 0 Å². The lowest BCUT2D eigenvalue weighted by Crippen LogP contribution is -2.30.